The van der Waals surface area contributed by atoms with Crippen LogP contribution < -0.4 is 5.32 Å². The maximum atomic E-state index is 12.1. The van der Waals surface area contributed by atoms with Crippen LogP contribution in [-0.2, 0) is 6.54 Å². The topological polar surface area (TPSA) is 46.9 Å². The third-order valence-corrected chi connectivity index (χ3v) is 3.87. The third-order valence-electron chi connectivity index (χ3n) is 3.38. The number of carbonyl (C=O) groups excluding carboxylic acids is 1. The van der Waals surface area contributed by atoms with E-state index in [4.69, 9.17) is 0 Å². The lowest BCUT2D eigenvalue weighted by atomic mass is 10.1. The van der Waals surface area contributed by atoms with E-state index in [0.29, 0.717) is 6.54 Å². The van der Waals surface area contributed by atoms with Crippen LogP contribution >= 0.6 is 15.9 Å². The summed E-state index contributed by atoms with van der Waals surface area (Å²) in [4.78, 5) is 12.1. The summed E-state index contributed by atoms with van der Waals surface area (Å²) in [6, 6.07) is 7.79. The van der Waals surface area contributed by atoms with E-state index in [0.717, 1.165) is 40.0 Å². The van der Waals surface area contributed by atoms with Gasteiger partial charge in [-0.1, -0.05) is 22.0 Å². The zero-order chi connectivity index (χ0) is 15.4. The lowest BCUT2D eigenvalue weighted by Crippen LogP contribution is -2.26. The van der Waals surface area contributed by atoms with Crippen molar-refractivity contribution in [2.45, 2.75) is 33.7 Å². The zero-order valence-electron chi connectivity index (χ0n) is 12.6. The number of benzene rings is 1. The fraction of sp³-hybridized carbons (Fsp3) is 0.375. The summed E-state index contributed by atoms with van der Waals surface area (Å²) >= 11 is 3.40. The van der Waals surface area contributed by atoms with Crippen molar-refractivity contribution < 1.29 is 4.79 Å². The van der Waals surface area contributed by atoms with Gasteiger partial charge in [-0.15, -0.1) is 0 Å². The Morgan fingerprint density at radius 3 is 2.71 bits per heavy atom. The molecule has 1 aromatic heterocycles. The molecule has 0 atom stereocenters. The SMILES string of the molecule is Cc1cc(C)n(CCCNC(=O)c2cc(Br)ccc2C)n1. The molecule has 0 radical (unpaired) electrons. The summed E-state index contributed by atoms with van der Waals surface area (Å²) in [5, 5.41) is 7.37. The predicted octanol–water partition coefficient (Wildman–Crippen LogP) is 3.39. The maximum absolute atomic E-state index is 12.1. The predicted molar refractivity (Wildman–Crippen MR) is 87.5 cm³/mol. The normalized spacial score (nSPS) is 10.7. The monoisotopic (exact) mass is 349 g/mol. The van der Waals surface area contributed by atoms with Gasteiger partial charge in [0.1, 0.15) is 0 Å². The van der Waals surface area contributed by atoms with Crippen LogP contribution in [0, 0.1) is 20.8 Å². The number of amides is 1. The molecule has 5 heteroatoms. The van der Waals surface area contributed by atoms with Crippen LogP contribution in [0.5, 0.6) is 0 Å². The molecule has 0 fully saturated rings. The standard InChI is InChI=1S/C16H20BrN3O/c1-11-5-6-14(17)10-15(11)16(21)18-7-4-8-20-13(3)9-12(2)19-20/h5-6,9-10H,4,7-8H2,1-3H3,(H,18,21). The molecule has 21 heavy (non-hydrogen) atoms. The molecule has 0 unspecified atom stereocenters. The second-order valence-electron chi connectivity index (χ2n) is 5.22. The van der Waals surface area contributed by atoms with Gasteiger partial charge in [-0.3, -0.25) is 9.48 Å². The Bertz CT molecular complexity index is 649. The molecule has 0 bridgehead atoms. The number of nitrogens with zero attached hydrogens (tertiary/aromatic N) is 2. The molecule has 2 rings (SSSR count). The quantitative estimate of drug-likeness (QED) is 0.841. The molecule has 2 aromatic rings. The first-order valence-electron chi connectivity index (χ1n) is 7.03. The van der Waals surface area contributed by atoms with Crippen LogP contribution in [0.15, 0.2) is 28.7 Å². The largest absolute Gasteiger partial charge is 0.352 e. The summed E-state index contributed by atoms with van der Waals surface area (Å²) in [6.07, 6.45) is 0.862. The average molecular weight is 350 g/mol. The van der Waals surface area contributed by atoms with Gasteiger partial charge in [0.25, 0.3) is 5.91 Å². The number of rotatable bonds is 5. The molecule has 0 spiro atoms. The zero-order valence-corrected chi connectivity index (χ0v) is 14.2. The Labute approximate surface area is 133 Å². The van der Waals surface area contributed by atoms with Gasteiger partial charge in [0.05, 0.1) is 5.69 Å². The Kier molecular flexibility index (Phi) is 5.17. The molecule has 0 saturated heterocycles. The number of carbonyl (C=O) groups is 1. The summed E-state index contributed by atoms with van der Waals surface area (Å²) in [7, 11) is 0. The molecule has 1 aromatic carbocycles. The van der Waals surface area contributed by atoms with Gasteiger partial charge in [0, 0.05) is 28.8 Å². The van der Waals surface area contributed by atoms with Crippen molar-refractivity contribution >= 4 is 21.8 Å². The second kappa shape index (κ2) is 6.89. The molecule has 0 aliphatic rings. The van der Waals surface area contributed by atoms with Gasteiger partial charge in [-0.2, -0.15) is 5.10 Å². The molecule has 0 aliphatic carbocycles. The lowest BCUT2D eigenvalue weighted by molar-refractivity contribution is 0.0952. The van der Waals surface area contributed by atoms with Crippen LogP contribution in [0.3, 0.4) is 0 Å². The van der Waals surface area contributed by atoms with Crippen molar-refractivity contribution in [1.82, 2.24) is 15.1 Å². The van der Waals surface area contributed by atoms with Crippen molar-refractivity contribution in [3.63, 3.8) is 0 Å². The molecular formula is C16H20BrN3O. The van der Waals surface area contributed by atoms with Crippen LogP contribution in [0.4, 0.5) is 0 Å². The van der Waals surface area contributed by atoms with E-state index in [1.807, 2.05) is 43.7 Å². The third kappa shape index (κ3) is 4.17. The van der Waals surface area contributed by atoms with E-state index in [1.54, 1.807) is 0 Å². The van der Waals surface area contributed by atoms with E-state index in [1.165, 1.54) is 0 Å². The molecule has 1 amide bonds. The highest BCUT2D eigenvalue weighted by atomic mass is 79.9. The van der Waals surface area contributed by atoms with Crippen molar-refractivity contribution in [3.05, 3.63) is 51.3 Å². The van der Waals surface area contributed by atoms with Gasteiger partial charge in [-0.05, 0) is 51.0 Å². The molecule has 1 heterocycles. The summed E-state index contributed by atoms with van der Waals surface area (Å²) < 4.78 is 2.90. The van der Waals surface area contributed by atoms with Crippen LogP contribution in [0.2, 0.25) is 0 Å². The van der Waals surface area contributed by atoms with E-state index in [2.05, 4.69) is 32.4 Å². The number of aromatic nitrogens is 2. The first kappa shape index (κ1) is 15.8. The fourth-order valence-corrected chi connectivity index (χ4v) is 2.63. The first-order chi connectivity index (χ1) is 9.97. The van der Waals surface area contributed by atoms with Crippen molar-refractivity contribution in [2.24, 2.45) is 0 Å². The van der Waals surface area contributed by atoms with E-state index in [-0.39, 0.29) is 5.91 Å². The number of halogens is 1. The molecule has 0 saturated carbocycles. The summed E-state index contributed by atoms with van der Waals surface area (Å²) in [5.41, 5.74) is 3.88. The van der Waals surface area contributed by atoms with Gasteiger partial charge < -0.3 is 5.32 Å². The summed E-state index contributed by atoms with van der Waals surface area (Å²) in [6.45, 7) is 7.43. The molecule has 1 N–H and O–H groups in total. The van der Waals surface area contributed by atoms with E-state index >= 15 is 0 Å². The fourth-order valence-electron chi connectivity index (χ4n) is 2.27. The van der Waals surface area contributed by atoms with Crippen LogP contribution in [0.25, 0.3) is 0 Å². The molecule has 0 aliphatic heterocycles. The second-order valence-corrected chi connectivity index (χ2v) is 6.13. The number of aryl methyl sites for hydroxylation is 4. The van der Waals surface area contributed by atoms with Gasteiger partial charge in [0.15, 0.2) is 0 Å². The number of hydrogen-bond acceptors (Lipinski definition) is 2. The minimum Gasteiger partial charge on any atom is -0.352 e. The van der Waals surface area contributed by atoms with Crippen LogP contribution in [-0.4, -0.2) is 22.2 Å². The van der Waals surface area contributed by atoms with Gasteiger partial charge in [0.2, 0.25) is 0 Å². The lowest BCUT2D eigenvalue weighted by Gasteiger charge is -2.09. The Hall–Kier alpha value is -1.62. The minimum atomic E-state index is -0.0258. The highest BCUT2D eigenvalue weighted by Crippen LogP contribution is 2.15. The Morgan fingerprint density at radius 1 is 1.29 bits per heavy atom. The number of hydrogen-bond donors (Lipinski definition) is 1. The maximum Gasteiger partial charge on any atom is 0.251 e. The number of nitrogens with one attached hydrogen (secondary N) is 1. The Morgan fingerprint density at radius 2 is 2.05 bits per heavy atom. The highest BCUT2D eigenvalue weighted by Gasteiger charge is 2.09. The van der Waals surface area contributed by atoms with Crippen molar-refractivity contribution in [1.29, 1.82) is 0 Å². The molecule has 4 nitrogen and oxygen atoms in total. The van der Waals surface area contributed by atoms with E-state index in [9.17, 15) is 4.79 Å². The van der Waals surface area contributed by atoms with Gasteiger partial charge >= 0.3 is 0 Å². The highest BCUT2D eigenvalue weighted by molar-refractivity contribution is 9.10. The molecule has 112 valence electrons. The first-order valence-corrected chi connectivity index (χ1v) is 7.82. The Balaban J connectivity index is 1.84. The smallest absolute Gasteiger partial charge is 0.251 e. The molecular weight excluding hydrogens is 330 g/mol. The van der Waals surface area contributed by atoms with Crippen LogP contribution in [0.1, 0.15) is 33.7 Å². The minimum absolute atomic E-state index is 0.0258. The van der Waals surface area contributed by atoms with Crippen molar-refractivity contribution in [3.8, 4) is 0 Å². The van der Waals surface area contributed by atoms with Crippen molar-refractivity contribution in [2.75, 3.05) is 6.54 Å². The summed E-state index contributed by atoms with van der Waals surface area (Å²) in [5.74, 6) is -0.0258. The van der Waals surface area contributed by atoms with E-state index < -0.39 is 0 Å². The average Bonchev–Trinajstić information content (AvgIpc) is 2.75. The van der Waals surface area contributed by atoms with Gasteiger partial charge in [-0.25, -0.2) is 0 Å².